The first-order chi connectivity index (χ1) is 7.56. The highest BCUT2D eigenvalue weighted by Gasteiger charge is 2.07. The van der Waals surface area contributed by atoms with Crippen LogP contribution in [0.5, 0.6) is 0 Å². The van der Waals surface area contributed by atoms with Gasteiger partial charge in [0.05, 0.1) is 16.7 Å². The summed E-state index contributed by atoms with van der Waals surface area (Å²) in [5, 5.41) is 0.903. The molecule has 0 spiro atoms. The summed E-state index contributed by atoms with van der Waals surface area (Å²) in [6, 6.07) is 5.26. The van der Waals surface area contributed by atoms with E-state index < -0.39 is 0 Å². The molecule has 0 atom stereocenters. The Hall–Kier alpha value is -0.990. The van der Waals surface area contributed by atoms with Crippen LogP contribution in [0.4, 0.5) is 0 Å². The number of hydrogen-bond acceptors (Lipinski definition) is 2. The van der Waals surface area contributed by atoms with E-state index in [0.29, 0.717) is 27.8 Å². The van der Waals surface area contributed by atoms with Gasteiger partial charge in [0.15, 0.2) is 0 Å². The molecule has 0 aliphatic rings. The van der Waals surface area contributed by atoms with E-state index in [1.165, 1.54) is 0 Å². The Bertz CT molecular complexity index is 425. The molecule has 2 nitrogen and oxygen atoms in total. The fourth-order valence-corrected chi connectivity index (χ4v) is 1.53. The van der Waals surface area contributed by atoms with Gasteiger partial charge in [0.1, 0.15) is 0 Å². The molecule has 0 N–H and O–H groups in total. The molecule has 86 valence electrons. The van der Waals surface area contributed by atoms with Gasteiger partial charge in [0, 0.05) is 5.57 Å². The third-order valence-electron chi connectivity index (χ3n) is 1.95. The first kappa shape index (κ1) is 13.1. The maximum absolute atomic E-state index is 11.4. The molecular formula is C12H12Cl2O2. The van der Waals surface area contributed by atoms with Gasteiger partial charge in [-0.25, -0.2) is 4.79 Å². The average Bonchev–Trinajstić information content (AvgIpc) is 2.25. The van der Waals surface area contributed by atoms with Crippen molar-refractivity contribution in [2.24, 2.45) is 0 Å². The smallest absolute Gasteiger partial charge is 0.333 e. The second-order valence-electron chi connectivity index (χ2n) is 3.19. The molecule has 0 unspecified atom stereocenters. The zero-order valence-corrected chi connectivity index (χ0v) is 10.6. The van der Waals surface area contributed by atoms with Gasteiger partial charge in [-0.3, -0.25) is 0 Å². The minimum absolute atomic E-state index is 0.349. The maximum Gasteiger partial charge on any atom is 0.333 e. The molecule has 1 aromatic carbocycles. The molecule has 0 radical (unpaired) electrons. The Morgan fingerprint density at radius 1 is 1.44 bits per heavy atom. The van der Waals surface area contributed by atoms with Gasteiger partial charge in [0.2, 0.25) is 0 Å². The Morgan fingerprint density at radius 2 is 2.12 bits per heavy atom. The molecule has 0 aromatic heterocycles. The van der Waals surface area contributed by atoms with E-state index in [9.17, 15) is 4.79 Å². The quantitative estimate of drug-likeness (QED) is 0.606. The van der Waals surface area contributed by atoms with E-state index >= 15 is 0 Å². The van der Waals surface area contributed by atoms with Gasteiger partial charge in [-0.05, 0) is 31.6 Å². The summed E-state index contributed by atoms with van der Waals surface area (Å²) < 4.78 is 4.86. The zero-order chi connectivity index (χ0) is 12.1. The highest BCUT2D eigenvalue weighted by atomic mass is 35.5. The average molecular weight is 259 g/mol. The molecule has 0 saturated carbocycles. The van der Waals surface area contributed by atoms with Crippen molar-refractivity contribution in [3.8, 4) is 0 Å². The van der Waals surface area contributed by atoms with E-state index in [-0.39, 0.29) is 5.97 Å². The number of rotatable bonds is 3. The summed E-state index contributed by atoms with van der Waals surface area (Å²) in [5.41, 5.74) is 1.20. The van der Waals surface area contributed by atoms with Gasteiger partial charge in [0.25, 0.3) is 0 Å². The zero-order valence-electron chi connectivity index (χ0n) is 9.09. The molecule has 16 heavy (non-hydrogen) atoms. The van der Waals surface area contributed by atoms with Gasteiger partial charge < -0.3 is 4.74 Å². The van der Waals surface area contributed by atoms with Crippen molar-refractivity contribution >= 4 is 35.2 Å². The molecule has 0 fully saturated rings. The normalized spacial score (nSPS) is 11.4. The molecule has 0 amide bonds. The van der Waals surface area contributed by atoms with Crippen molar-refractivity contribution in [1.29, 1.82) is 0 Å². The fourth-order valence-electron chi connectivity index (χ4n) is 1.17. The lowest BCUT2D eigenvalue weighted by Crippen LogP contribution is -2.04. The van der Waals surface area contributed by atoms with E-state index in [0.717, 1.165) is 0 Å². The van der Waals surface area contributed by atoms with E-state index in [1.807, 2.05) is 0 Å². The fraction of sp³-hybridized carbons (Fsp3) is 0.250. The molecule has 0 saturated heterocycles. The van der Waals surface area contributed by atoms with Crippen LogP contribution < -0.4 is 0 Å². The van der Waals surface area contributed by atoms with E-state index in [2.05, 4.69) is 0 Å². The van der Waals surface area contributed by atoms with Crippen molar-refractivity contribution in [3.05, 3.63) is 39.4 Å². The van der Waals surface area contributed by atoms with Crippen LogP contribution in [0.2, 0.25) is 10.0 Å². The van der Waals surface area contributed by atoms with E-state index in [4.69, 9.17) is 27.9 Å². The lowest BCUT2D eigenvalue weighted by molar-refractivity contribution is -0.138. The summed E-state index contributed by atoms with van der Waals surface area (Å²) in [7, 11) is 0. The summed E-state index contributed by atoms with van der Waals surface area (Å²) in [5.74, 6) is -0.349. The molecular weight excluding hydrogens is 247 g/mol. The van der Waals surface area contributed by atoms with Crippen LogP contribution in [0, 0.1) is 0 Å². The molecule has 0 heterocycles. The van der Waals surface area contributed by atoms with Crippen LogP contribution in [0.25, 0.3) is 6.08 Å². The topological polar surface area (TPSA) is 26.3 Å². The minimum atomic E-state index is -0.349. The maximum atomic E-state index is 11.4. The molecule has 4 heteroatoms. The van der Waals surface area contributed by atoms with Crippen molar-refractivity contribution in [2.75, 3.05) is 6.61 Å². The summed E-state index contributed by atoms with van der Waals surface area (Å²) in [6.07, 6.45) is 1.66. The van der Waals surface area contributed by atoms with Crippen LogP contribution in [0.3, 0.4) is 0 Å². The lowest BCUT2D eigenvalue weighted by atomic mass is 10.1. The predicted molar refractivity (Wildman–Crippen MR) is 66.7 cm³/mol. The first-order valence-corrected chi connectivity index (χ1v) is 5.61. The molecule has 0 bridgehead atoms. The first-order valence-electron chi connectivity index (χ1n) is 4.85. The van der Waals surface area contributed by atoms with Crippen LogP contribution in [0.15, 0.2) is 23.8 Å². The number of carbonyl (C=O) groups excluding carboxylic acids is 1. The molecule has 0 aliphatic carbocycles. The van der Waals surface area contributed by atoms with Crippen molar-refractivity contribution < 1.29 is 9.53 Å². The Balaban J connectivity index is 2.98. The Kier molecular flexibility index (Phi) is 4.84. The number of hydrogen-bond donors (Lipinski definition) is 0. The van der Waals surface area contributed by atoms with Gasteiger partial charge in [-0.15, -0.1) is 0 Å². The number of carbonyl (C=O) groups is 1. The number of benzene rings is 1. The van der Waals surface area contributed by atoms with Crippen LogP contribution in [-0.2, 0) is 9.53 Å². The third-order valence-corrected chi connectivity index (χ3v) is 2.78. The largest absolute Gasteiger partial charge is 0.463 e. The number of esters is 1. The van der Waals surface area contributed by atoms with Crippen molar-refractivity contribution in [2.45, 2.75) is 13.8 Å². The number of halogens is 2. The van der Waals surface area contributed by atoms with Crippen LogP contribution >= 0.6 is 23.2 Å². The number of ether oxygens (including phenoxy) is 1. The SMILES string of the molecule is CCOC(=O)/C(C)=C/c1cccc(Cl)c1Cl. The Labute approximate surface area is 105 Å². The summed E-state index contributed by atoms with van der Waals surface area (Å²) in [4.78, 5) is 11.4. The second-order valence-corrected chi connectivity index (χ2v) is 3.98. The van der Waals surface area contributed by atoms with E-state index in [1.54, 1.807) is 38.1 Å². The molecule has 1 rings (SSSR count). The molecule has 1 aromatic rings. The Morgan fingerprint density at radius 3 is 2.75 bits per heavy atom. The summed E-state index contributed by atoms with van der Waals surface area (Å²) in [6.45, 7) is 3.79. The van der Waals surface area contributed by atoms with Crippen molar-refractivity contribution in [3.63, 3.8) is 0 Å². The highest BCUT2D eigenvalue weighted by molar-refractivity contribution is 6.42. The minimum Gasteiger partial charge on any atom is -0.463 e. The summed E-state index contributed by atoms with van der Waals surface area (Å²) >= 11 is 11.9. The van der Waals surface area contributed by atoms with Gasteiger partial charge >= 0.3 is 5.97 Å². The van der Waals surface area contributed by atoms with Crippen molar-refractivity contribution in [1.82, 2.24) is 0 Å². The van der Waals surface area contributed by atoms with Crippen LogP contribution in [-0.4, -0.2) is 12.6 Å². The van der Waals surface area contributed by atoms with Gasteiger partial charge in [-0.2, -0.15) is 0 Å². The monoisotopic (exact) mass is 258 g/mol. The predicted octanol–water partition coefficient (Wildman–Crippen LogP) is 3.96. The lowest BCUT2D eigenvalue weighted by Gasteiger charge is -2.03. The third kappa shape index (κ3) is 3.26. The highest BCUT2D eigenvalue weighted by Crippen LogP contribution is 2.27. The van der Waals surface area contributed by atoms with Crippen LogP contribution in [0.1, 0.15) is 19.4 Å². The standard InChI is InChI=1S/C12H12Cl2O2/c1-3-16-12(15)8(2)7-9-5-4-6-10(13)11(9)14/h4-7H,3H2,1-2H3/b8-7+. The molecule has 0 aliphatic heterocycles. The second kappa shape index (κ2) is 5.92. The van der Waals surface area contributed by atoms with Gasteiger partial charge in [-0.1, -0.05) is 35.3 Å².